The highest BCUT2D eigenvalue weighted by Crippen LogP contribution is 2.27. The fourth-order valence-corrected chi connectivity index (χ4v) is 2.83. The van der Waals surface area contributed by atoms with Gasteiger partial charge in [0.05, 0.1) is 6.04 Å². The number of carboxylic acid groups (broad SMARTS) is 1. The monoisotopic (exact) mass is 268 g/mol. The number of carbonyl (C=O) groups is 2. The molecule has 0 spiro atoms. The van der Waals surface area contributed by atoms with Gasteiger partial charge in [-0.1, -0.05) is 13.3 Å². The van der Waals surface area contributed by atoms with Crippen LogP contribution in [0.2, 0.25) is 0 Å². The molecule has 19 heavy (non-hydrogen) atoms. The maximum atomic E-state index is 12.1. The van der Waals surface area contributed by atoms with E-state index in [1.165, 1.54) is 0 Å². The average molecular weight is 268 g/mol. The largest absolute Gasteiger partial charge is 0.480 e. The van der Waals surface area contributed by atoms with E-state index < -0.39 is 12.0 Å². The fraction of sp³-hybridized carbons (Fsp3) is 0.857. The summed E-state index contributed by atoms with van der Waals surface area (Å²) in [6, 6.07) is -0.537. The molecule has 2 N–H and O–H groups in total. The van der Waals surface area contributed by atoms with E-state index in [9.17, 15) is 14.7 Å². The van der Waals surface area contributed by atoms with Crippen LogP contribution in [0.1, 0.15) is 46.0 Å². The molecule has 2 rings (SSSR count). The van der Waals surface area contributed by atoms with E-state index in [1.807, 2.05) is 11.8 Å². The quantitative estimate of drug-likeness (QED) is 0.787. The van der Waals surface area contributed by atoms with E-state index in [1.54, 1.807) is 0 Å². The van der Waals surface area contributed by atoms with Crippen LogP contribution in [0.25, 0.3) is 0 Å². The van der Waals surface area contributed by atoms with Crippen molar-refractivity contribution < 1.29 is 14.7 Å². The van der Waals surface area contributed by atoms with E-state index in [4.69, 9.17) is 0 Å². The lowest BCUT2D eigenvalue weighted by Crippen LogP contribution is -2.55. The van der Waals surface area contributed by atoms with Gasteiger partial charge in [-0.25, -0.2) is 0 Å². The van der Waals surface area contributed by atoms with Gasteiger partial charge in [0.25, 0.3) is 0 Å². The Morgan fingerprint density at radius 1 is 1.37 bits per heavy atom. The third-order valence-corrected chi connectivity index (χ3v) is 4.42. The first kappa shape index (κ1) is 14.3. The Labute approximate surface area is 114 Å². The first-order valence-corrected chi connectivity index (χ1v) is 7.31. The number of carbonyl (C=O) groups excluding carboxylic acids is 1. The van der Waals surface area contributed by atoms with Crippen LogP contribution in [0.4, 0.5) is 0 Å². The minimum atomic E-state index is -0.802. The molecule has 1 aliphatic carbocycles. The van der Waals surface area contributed by atoms with Crippen molar-refractivity contribution in [2.24, 2.45) is 5.92 Å². The number of nitrogens with one attached hydrogen (secondary N) is 1. The number of likely N-dealkylation sites (tertiary alicyclic amines) is 1. The molecule has 0 aromatic heterocycles. The first-order valence-electron chi connectivity index (χ1n) is 7.31. The summed E-state index contributed by atoms with van der Waals surface area (Å²) in [6.45, 7) is 4.62. The SMILES string of the molecule is CCC1CCN(C(C)C(=O)NC2CC2)C(C(=O)O)C1. The molecule has 0 aromatic carbocycles. The molecule has 2 fully saturated rings. The second-order valence-corrected chi connectivity index (χ2v) is 5.85. The summed E-state index contributed by atoms with van der Waals surface area (Å²) >= 11 is 0. The summed E-state index contributed by atoms with van der Waals surface area (Å²) in [6.07, 6.45) is 4.77. The predicted octanol–water partition coefficient (Wildman–Crippen LogP) is 1.23. The summed E-state index contributed by atoms with van der Waals surface area (Å²) in [7, 11) is 0. The Morgan fingerprint density at radius 3 is 2.58 bits per heavy atom. The normalized spacial score (nSPS) is 29.8. The number of rotatable bonds is 5. The molecule has 1 amide bonds. The van der Waals surface area contributed by atoms with Gasteiger partial charge in [0.2, 0.25) is 5.91 Å². The lowest BCUT2D eigenvalue weighted by atomic mass is 9.88. The molecule has 1 aliphatic heterocycles. The van der Waals surface area contributed by atoms with Gasteiger partial charge in [0, 0.05) is 12.6 Å². The number of piperidine rings is 1. The predicted molar refractivity (Wildman–Crippen MR) is 71.8 cm³/mol. The molecule has 0 aromatic rings. The van der Waals surface area contributed by atoms with Gasteiger partial charge in [-0.2, -0.15) is 0 Å². The molecule has 5 nitrogen and oxygen atoms in total. The van der Waals surface area contributed by atoms with Crippen molar-refractivity contribution in [2.75, 3.05) is 6.54 Å². The van der Waals surface area contributed by atoms with Crippen LogP contribution in [0.15, 0.2) is 0 Å². The first-order chi connectivity index (χ1) is 9.02. The highest BCUT2D eigenvalue weighted by Gasteiger charge is 2.38. The van der Waals surface area contributed by atoms with Gasteiger partial charge in [-0.15, -0.1) is 0 Å². The number of amides is 1. The zero-order valence-electron chi connectivity index (χ0n) is 11.8. The molecule has 1 saturated heterocycles. The second-order valence-electron chi connectivity index (χ2n) is 5.85. The van der Waals surface area contributed by atoms with E-state index in [-0.39, 0.29) is 11.9 Å². The molecule has 1 heterocycles. The number of hydrogen-bond acceptors (Lipinski definition) is 3. The van der Waals surface area contributed by atoms with Gasteiger partial charge in [0.1, 0.15) is 6.04 Å². The van der Waals surface area contributed by atoms with E-state index in [2.05, 4.69) is 12.2 Å². The minimum absolute atomic E-state index is 0.0244. The molecule has 0 bridgehead atoms. The van der Waals surface area contributed by atoms with Gasteiger partial charge in [0.15, 0.2) is 0 Å². The van der Waals surface area contributed by atoms with Gasteiger partial charge in [-0.05, 0) is 38.5 Å². The Hall–Kier alpha value is -1.10. The standard InChI is InChI=1S/C14H24N2O3/c1-3-10-6-7-16(12(8-10)14(18)19)9(2)13(17)15-11-4-5-11/h9-12H,3-8H2,1-2H3,(H,15,17)(H,18,19). The van der Waals surface area contributed by atoms with Crippen LogP contribution < -0.4 is 5.32 Å². The fourth-order valence-electron chi connectivity index (χ4n) is 2.83. The van der Waals surface area contributed by atoms with Crippen molar-refractivity contribution >= 4 is 11.9 Å². The Morgan fingerprint density at radius 2 is 2.05 bits per heavy atom. The van der Waals surface area contributed by atoms with Crippen LogP contribution in [-0.2, 0) is 9.59 Å². The molecule has 2 aliphatic rings. The molecule has 0 radical (unpaired) electrons. The van der Waals surface area contributed by atoms with Crippen LogP contribution in [-0.4, -0.2) is 46.6 Å². The van der Waals surface area contributed by atoms with Gasteiger partial charge < -0.3 is 10.4 Å². The van der Waals surface area contributed by atoms with Gasteiger partial charge >= 0.3 is 5.97 Å². The van der Waals surface area contributed by atoms with Crippen LogP contribution in [0, 0.1) is 5.92 Å². The molecular weight excluding hydrogens is 244 g/mol. The third-order valence-electron chi connectivity index (χ3n) is 4.42. The summed E-state index contributed by atoms with van der Waals surface area (Å²) in [4.78, 5) is 25.3. The Kier molecular flexibility index (Phi) is 4.45. The van der Waals surface area contributed by atoms with Crippen molar-refractivity contribution in [3.63, 3.8) is 0 Å². The van der Waals surface area contributed by atoms with E-state index in [0.717, 1.165) is 25.7 Å². The lowest BCUT2D eigenvalue weighted by molar-refractivity contribution is -0.148. The average Bonchev–Trinajstić information content (AvgIpc) is 3.20. The van der Waals surface area contributed by atoms with Crippen LogP contribution in [0.5, 0.6) is 0 Å². The van der Waals surface area contributed by atoms with Crippen molar-refractivity contribution in [2.45, 2.75) is 64.1 Å². The highest BCUT2D eigenvalue weighted by atomic mass is 16.4. The van der Waals surface area contributed by atoms with Crippen LogP contribution >= 0.6 is 0 Å². The topological polar surface area (TPSA) is 69.6 Å². The van der Waals surface area contributed by atoms with Crippen molar-refractivity contribution in [1.29, 1.82) is 0 Å². The van der Waals surface area contributed by atoms with Crippen molar-refractivity contribution in [3.05, 3.63) is 0 Å². The van der Waals surface area contributed by atoms with Crippen molar-refractivity contribution in [3.8, 4) is 0 Å². The zero-order chi connectivity index (χ0) is 14.0. The van der Waals surface area contributed by atoms with Crippen molar-refractivity contribution in [1.82, 2.24) is 10.2 Å². The smallest absolute Gasteiger partial charge is 0.320 e. The van der Waals surface area contributed by atoms with E-state index in [0.29, 0.717) is 24.9 Å². The Bertz CT molecular complexity index is 355. The summed E-state index contributed by atoms with van der Waals surface area (Å²) in [5, 5.41) is 12.3. The Balaban J connectivity index is 1.99. The number of nitrogens with zero attached hydrogens (tertiary/aromatic N) is 1. The maximum absolute atomic E-state index is 12.1. The molecule has 5 heteroatoms. The number of carboxylic acids is 1. The maximum Gasteiger partial charge on any atom is 0.320 e. The zero-order valence-corrected chi connectivity index (χ0v) is 11.8. The van der Waals surface area contributed by atoms with Crippen LogP contribution in [0.3, 0.4) is 0 Å². The molecular formula is C14H24N2O3. The number of hydrogen-bond donors (Lipinski definition) is 2. The third kappa shape index (κ3) is 3.47. The highest BCUT2D eigenvalue weighted by molar-refractivity contribution is 5.83. The molecule has 3 atom stereocenters. The van der Waals surface area contributed by atoms with Gasteiger partial charge in [-0.3, -0.25) is 14.5 Å². The molecule has 1 saturated carbocycles. The summed E-state index contributed by atoms with van der Waals surface area (Å²) in [5.74, 6) is -0.357. The van der Waals surface area contributed by atoms with E-state index >= 15 is 0 Å². The lowest BCUT2D eigenvalue weighted by Gasteiger charge is -2.39. The molecule has 3 unspecified atom stereocenters. The summed E-state index contributed by atoms with van der Waals surface area (Å²) in [5.41, 5.74) is 0. The summed E-state index contributed by atoms with van der Waals surface area (Å²) < 4.78 is 0. The molecule has 108 valence electrons. The second kappa shape index (κ2) is 5.90. The minimum Gasteiger partial charge on any atom is -0.480 e. The number of aliphatic carboxylic acids is 1.